The van der Waals surface area contributed by atoms with E-state index >= 15 is 0 Å². The zero-order valence-corrected chi connectivity index (χ0v) is 13.7. The first kappa shape index (κ1) is 15.3. The average Bonchev–Trinajstić information content (AvgIpc) is 3.08. The minimum absolute atomic E-state index is 0.00856. The van der Waals surface area contributed by atoms with Gasteiger partial charge in [-0.25, -0.2) is 4.98 Å². The highest BCUT2D eigenvalue weighted by Crippen LogP contribution is 2.27. The summed E-state index contributed by atoms with van der Waals surface area (Å²) in [6.45, 7) is 2.53. The fourth-order valence-electron chi connectivity index (χ4n) is 2.77. The third-order valence-electron chi connectivity index (χ3n) is 3.89. The molecule has 2 aromatic rings. The predicted octanol–water partition coefficient (Wildman–Crippen LogP) is 3.44. The van der Waals surface area contributed by atoms with E-state index < -0.39 is 0 Å². The number of carbonyl (C=O) groups is 1. The largest absolute Gasteiger partial charge is 0.355 e. The fraction of sp³-hybridized carbons (Fsp3) is 0.375. The van der Waals surface area contributed by atoms with Crippen molar-refractivity contribution in [2.45, 2.75) is 12.8 Å². The van der Waals surface area contributed by atoms with Crippen molar-refractivity contribution in [3.63, 3.8) is 0 Å². The van der Waals surface area contributed by atoms with E-state index in [1.54, 1.807) is 6.20 Å². The number of hydrogen-bond acceptors (Lipinski definition) is 4. The van der Waals surface area contributed by atoms with Crippen LogP contribution in [0.4, 0.5) is 5.82 Å². The number of anilines is 1. The summed E-state index contributed by atoms with van der Waals surface area (Å²) in [5, 5.41) is 7.50. The van der Waals surface area contributed by atoms with E-state index in [1.807, 2.05) is 29.0 Å². The summed E-state index contributed by atoms with van der Waals surface area (Å²) in [6.07, 6.45) is 3.97. The molecule has 6 heteroatoms. The molecule has 1 aliphatic rings. The molecule has 1 atom stereocenters. The fourth-order valence-corrected chi connectivity index (χ4v) is 3.64. The minimum Gasteiger partial charge on any atom is -0.355 e. The first-order valence-electron chi connectivity index (χ1n) is 7.40. The number of pyridine rings is 1. The van der Waals surface area contributed by atoms with E-state index in [0.29, 0.717) is 17.5 Å². The average molecular weight is 336 g/mol. The molecule has 0 spiro atoms. The van der Waals surface area contributed by atoms with Gasteiger partial charge in [-0.2, -0.15) is 11.3 Å². The zero-order chi connectivity index (χ0) is 15.4. The van der Waals surface area contributed by atoms with Gasteiger partial charge >= 0.3 is 0 Å². The smallest absolute Gasteiger partial charge is 0.252 e. The lowest BCUT2D eigenvalue weighted by molar-refractivity contribution is 0.0946. The molecule has 3 heterocycles. The van der Waals surface area contributed by atoms with Gasteiger partial charge in [-0.1, -0.05) is 11.6 Å². The van der Waals surface area contributed by atoms with Crippen LogP contribution < -0.4 is 10.2 Å². The Bertz CT molecular complexity index is 632. The Balaban J connectivity index is 1.57. The van der Waals surface area contributed by atoms with Crippen LogP contribution in [0, 0.1) is 5.92 Å². The van der Waals surface area contributed by atoms with Crippen LogP contribution in [0.1, 0.15) is 23.2 Å². The van der Waals surface area contributed by atoms with Crippen LogP contribution in [-0.2, 0) is 0 Å². The number of carbonyl (C=O) groups excluding carboxylic acids is 1. The number of nitrogens with one attached hydrogen (secondary N) is 1. The van der Waals surface area contributed by atoms with Crippen LogP contribution >= 0.6 is 22.9 Å². The van der Waals surface area contributed by atoms with E-state index in [-0.39, 0.29) is 5.91 Å². The summed E-state index contributed by atoms with van der Waals surface area (Å²) in [7, 11) is 0. The molecular weight excluding hydrogens is 318 g/mol. The zero-order valence-electron chi connectivity index (χ0n) is 12.2. The SMILES string of the molecule is O=C(NCC1CCCN(c2ncccc2Cl)C1)c1ccsc1. The van der Waals surface area contributed by atoms with Gasteiger partial charge in [0.25, 0.3) is 5.91 Å². The van der Waals surface area contributed by atoms with Gasteiger partial charge in [0.2, 0.25) is 0 Å². The molecule has 2 aromatic heterocycles. The summed E-state index contributed by atoms with van der Waals surface area (Å²) in [5.41, 5.74) is 0.741. The van der Waals surface area contributed by atoms with Gasteiger partial charge in [-0.15, -0.1) is 0 Å². The van der Waals surface area contributed by atoms with Crippen molar-refractivity contribution in [1.82, 2.24) is 10.3 Å². The number of thiophene rings is 1. The van der Waals surface area contributed by atoms with Crippen LogP contribution in [0.15, 0.2) is 35.2 Å². The van der Waals surface area contributed by atoms with Crippen molar-refractivity contribution < 1.29 is 4.79 Å². The van der Waals surface area contributed by atoms with E-state index in [2.05, 4.69) is 15.2 Å². The monoisotopic (exact) mass is 335 g/mol. The summed E-state index contributed by atoms with van der Waals surface area (Å²) < 4.78 is 0. The maximum atomic E-state index is 12.0. The van der Waals surface area contributed by atoms with E-state index in [1.165, 1.54) is 11.3 Å². The van der Waals surface area contributed by atoms with Gasteiger partial charge in [0, 0.05) is 36.8 Å². The Morgan fingerprint density at radius 1 is 1.50 bits per heavy atom. The standard InChI is InChI=1S/C16H18ClN3OS/c17-14-4-1-6-18-15(14)20-7-2-3-12(10-20)9-19-16(21)13-5-8-22-11-13/h1,4-6,8,11-12H,2-3,7,9-10H2,(H,19,21). The summed E-state index contributed by atoms with van der Waals surface area (Å²) in [5.74, 6) is 1.28. The lowest BCUT2D eigenvalue weighted by atomic mass is 9.98. The molecule has 1 saturated heterocycles. The quantitative estimate of drug-likeness (QED) is 0.930. The number of rotatable bonds is 4. The molecule has 1 N–H and O–H groups in total. The summed E-state index contributed by atoms with van der Waals surface area (Å²) in [4.78, 5) is 18.6. The van der Waals surface area contributed by atoms with Gasteiger partial charge in [0.05, 0.1) is 5.02 Å². The number of nitrogens with zero attached hydrogens (tertiary/aromatic N) is 2. The Labute approximate surface area is 139 Å². The molecule has 0 bridgehead atoms. The van der Waals surface area contributed by atoms with Crippen LogP contribution in [0.2, 0.25) is 5.02 Å². The molecule has 0 aliphatic carbocycles. The van der Waals surface area contributed by atoms with Crippen LogP contribution in [0.3, 0.4) is 0 Å². The molecular formula is C16H18ClN3OS. The van der Waals surface area contributed by atoms with Crippen molar-refractivity contribution in [2.24, 2.45) is 5.92 Å². The van der Waals surface area contributed by atoms with Crippen molar-refractivity contribution in [3.8, 4) is 0 Å². The van der Waals surface area contributed by atoms with Crippen LogP contribution in [0.5, 0.6) is 0 Å². The second-order valence-electron chi connectivity index (χ2n) is 5.49. The molecule has 116 valence electrons. The van der Waals surface area contributed by atoms with Crippen molar-refractivity contribution in [1.29, 1.82) is 0 Å². The van der Waals surface area contributed by atoms with Crippen molar-refractivity contribution in [3.05, 3.63) is 45.7 Å². The summed E-state index contributed by atoms with van der Waals surface area (Å²) in [6, 6.07) is 5.56. The molecule has 1 amide bonds. The Kier molecular flexibility index (Phi) is 4.95. The van der Waals surface area contributed by atoms with Gasteiger partial charge in [-0.3, -0.25) is 4.79 Å². The normalized spacial score (nSPS) is 18.2. The highest BCUT2D eigenvalue weighted by molar-refractivity contribution is 7.08. The molecule has 1 fully saturated rings. The lowest BCUT2D eigenvalue weighted by Crippen LogP contribution is -2.41. The second-order valence-corrected chi connectivity index (χ2v) is 6.67. The van der Waals surface area contributed by atoms with Gasteiger partial charge < -0.3 is 10.2 Å². The Morgan fingerprint density at radius 2 is 2.41 bits per heavy atom. The van der Waals surface area contributed by atoms with Gasteiger partial charge in [0.1, 0.15) is 5.82 Å². The van der Waals surface area contributed by atoms with Crippen LogP contribution in [-0.4, -0.2) is 30.5 Å². The number of hydrogen-bond donors (Lipinski definition) is 1. The van der Waals surface area contributed by atoms with E-state index in [9.17, 15) is 4.79 Å². The number of piperidine rings is 1. The topological polar surface area (TPSA) is 45.2 Å². The summed E-state index contributed by atoms with van der Waals surface area (Å²) >= 11 is 7.76. The highest BCUT2D eigenvalue weighted by atomic mass is 35.5. The molecule has 0 radical (unpaired) electrons. The highest BCUT2D eigenvalue weighted by Gasteiger charge is 2.22. The number of amides is 1. The first-order chi connectivity index (χ1) is 10.7. The molecule has 0 saturated carbocycles. The van der Waals surface area contributed by atoms with Gasteiger partial charge in [-0.05, 0) is 42.3 Å². The van der Waals surface area contributed by atoms with Gasteiger partial charge in [0.15, 0.2) is 0 Å². The molecule has 3 rings (SSSR count). The third-order valence-corrected chi connectivity index (χ3v) is 4.87. The van der Waals surface area contributed by atoms with Crippen molar-refractivity contribution in [2.75, 3.05) is 24.5 Å². The van der Waals surface area contributed by atoms with Crippen molar-refractivity contribution >= 4 is 34.7 Å². The maximum Gasteiger partial charge on any atom is 0.252 e. The van der Waals surface area contributed by atoms with E-state index in [0.717, 1.165) is 37.3 Å². The number of aromatic nitrogens is 1. The molecule has 0 aromatic carbocycles. The van der Waals surface area contributed by atoms with Crippen LogP contribution in [0.25, 0.3) is 0 Å². The Hall–Kier alpha value is -1.59. The molecule has 1 aliphatic heterocycles. The molecule has 1 unspecified atom stereocenters. The number of halogens is 1. The maximum absolute atomic E-state index is 12.0. The minimum atomic E-state index is 0.00856. The molecule has 22 heavy (non-hydrogen) atoms. The predicted molar refractivity (Wildman–Crippen MR) is 90.8 cm³/mol. The lowest BCUT2D eigenvalue weighted by Gasteiger charge is -2.34. The first-order valence-corrected chi connectivity index (χ1v) is 8.72. The molecule has 4 nitrogen and oxygen atoms in total. The Morgan fingerprint density at radius 3 is 3.18 bits per heavy atom. The second kappa shape index (κ2) is 7.11. The third kappa shape index (κ3) is 3.59. The van der Waals surface area contributed by atoms with E-state index in [4.69, 9.17) is 11.6 Å².